The molecule has 2 amide bonds. The van der Waals surface area contributed by atoms with Gasteiger partial charge in [-0.2, -0.15) is 0 Å². The van der Waals surface area contributed by atoms with Gasteiger partial charge in [0.25, 0.3) is 0 Å². The lowest BCUT2D eigenvalue weighted by Crippen LogP contribution is -2.30. The van der Waals surface area contributed by atoms with E-state index in [1.165, 1.54) is 4.88 Å². The molecule has 0 bridgehead atoms. The van der Waals surface area contributed by atoms with Crippen molar-refractivity contribution in [2.24, 2.45) is 4.99 Å². The lowest BCUT2D eigenvalue weighted by molar-refractivity contribution is -0.121. The molecule has 0 unspecified atom stereocenters. The van der Waals surface area contributed by atoms with E-state index < -0.39 is 6.04 Å². The van der Waals surface area contributed by atoms with Crippen molar-refractivity contribution in [2.75, 3.05) is 23.7 Å². The van der Waals surface area contributed by atoms with Crippen LogP contribution in [0.3, 0.4) is 0 Å². The number of nitrogens with zero attached hydrogens (tertiary/aromatic N) is 5. The zero-order valence-corrected chi connectivity index (χ0v) is 27.1. The van der Waals surface area contributed by atoms with E-state index in [-0.39, 0.29) is 18.2 Å². The van der Waals surface area contributed by atoms with Crippen molar-refractivity contribution in [3.8, 4) is 16.3 Å². The Balaban J connectivity index is 1.03. The Morgan fingerprint density at radius 1 is 1.04 bits per heavy atom. The highest BCUT2D eigenvalue weighted by atomic mass is 35.5. The molecule has 0 saturated carbocycles. The number of halogens is 1. The molecule has 46 heavy (non-hydrogen) atoms. The summed E-state index contributed by atoms with van der Waals surface area (Å²) in [5.41, 5.74) is 8.40. The molecule has 0 spiro atoms. The molecule has 0 radical (unpaired) electrons. The Bertz CT molecular complexity index is 2010. The van der Waals surface area contributed by atoms with Gasteiger partial charge in [-0.3, -0.25) is 24.1 Å². The monoisotopic (exact) mass is 650 g/mol. The second-order valence-electron chi connectivity index (χ2n) is 11.4. The standard InChI is InChI=1S/C34H31ClN8O2S/c1-18-19(2)46-34-31(18)32(21-4-7-24(35)8-5-21)40-28(33-42-41-20(3)43(33)34)16-29(44)37-13-12-36-25-9-11-26(38-17-25)22-6-10-27-23(14-22)15-30(45)39-27/h4-11,14,17,28,36H,12-13,15-16H2,1-3H3,(H,37,44)(H,39,45)/t28-/m0/s1. The van der Waals surface area contributed by atoms with Crippen LogP contribution in [-0.4, -0.2) is 50.4 Å². The summed E-state index contributed by atoms with van der Waals surface area (Å²) in [7, 11) is 0. The van der Waals surface area contributed by atoms with Crippen LogP contribution in [0.1, 0.15) is 51.2 Å². The molecule has 0 fully saturated rings. The predicted molar refractivity (Wildman–Crippen MR) is 181 cm³/mol. The SMILES string of the molecule is Cc1sc2c(c1C)C(c1ccc(Cl)cc1)=N[C@@H](CC(=O)NCCNc1ccc(-c3ccc4c(c3)CC(=O)N4)nc1)c1nnc(C)n1-2. The molecule has 2 aliphatic rings. The zero-order chi connectivity index (χ0) is 31.9. The second-order valence-corrected chi connectivity index (χ2v) is 13.1. The molecule has 232 valence electrons. The summed E-state index contributed by atoms with van der Waals surface area (Å²) in [5, 5.41) is 19.7. The first-order valence-corrected chi connectivity index (χ1v) is 16.2. The van der Waals surface area contributed by atoms with E-state index in [1.807, 2.05) is 66.1 Å². The highest BCUT2D eigenvalue weighted by Gasteiger charge is 2.32. The number of hydrogen-bond donors (Lipinski definition) is 3. The van der Waals surface area contributed by atoms with Crippen molar-refractivity contribution in [3.63, 3.8) is 0 Å². The minimum absolute atomic E-state index is 0.0109. The Morgan fingerprint density at radius 3 is 2.63 bits per heavy atom. The highest BCUT2D eigenvalue weighted by Crippen LogP contribution is 2.39. The third-order valence-corrected chi connectivity index (χ3v) is 9.75. The lowest BCUT2D eigenvalue weighted by Gasteiger charge is -2.13. The van der Waals surface area contributed by atoms with Gasteiger partial charge in [-0.1, -0.05) is 29.8 Å². The normalized spacial score (nSPS) is 14.9. The third-order valence-electron chi connectivity index (χ3n) is 8.30. The van der Waals surface area contributed by atoms with Gasteiger partial charge in [0, 0.05) is 45.4 Å². The first kappa shape index (κ1) is 29.8. The van der Waals surface area contributed by atoms with Crippen molar-refractivity contribution >= 4 is 51.8 Å². The van der Waals surface area contributed by atoms with Crippen LogP contribution in [-0.2, 0) is 16.0 Å². The average molecular weight is 651 g/mol. The van der Waals surface area contributed by atoms with E-state index in [0.29, 0.717) is 30.4 Å². The van der Waals surface area contributed by atoms with Crippen LogP contribution >= 0.6 is 22.9 Å². The molecule has 3 aromatic heterocycles. The van der Waals surface area contributed by atoms with Gasteiger partial charge in [-0.25, -0.2) is 0 Å². The number of carbonyl (C=O) groups is 2. The summed E-state index contributed by atoms with van der Waals surface area (Å²) in [6.45, 7) is 7.08. The maximum atomic E-state index is 13.3. The summed E-state index contributed by atoms with van der Waals surface area (Å²) >= 11 is 7.89. The maximum Gasteiger partial charge on any atom is 0.228 e. The Morgan fingerprint density at radius 2 is 1.85 bits per heavy atom. The molecule has 5 aromatic rings. The topological polar surface area (TPSA) is 126 Å². The summed E-state index contributed by atoms with van der Waals surface area (Å²) in [5.74, 6) is 1.28. The number of aryl methyl sites for hydroxylation is 2. The molecule has 12 heteroatoms. The second kappa shape index (κ2) is 12.1. The van der Waals surface area contributed by atoms with Crippen LogP contribution in [0.2, 0.25) is 5.02 Å². The van der Waals surface area contributed by atoms with E-state index in [4.69, 9.17) is 16.6 Å². The largest absolute Gasteiger partial charge is 0.382 e. The number of fused-ring (bicyclic) bond motifs is 4. The van der Waals surface area contributed by atoms with Gasteiger partial charge in [-0.05, 0) is 68.3 Å². The molecular formula is C34H31ClN8O2S. The number of benzene rings is 2. The van der Waals surface area contributed by atoms with Gasteiger partial charge >= 0.3 is 0 Å². The molecule has 0 aliphatic carbocycles. The average Bonchev–Trinajstić information content (AvgIpc) is 3.68. The smallest absolute Gasteiger partial charge is 0.228 e. The van der Waals surface area contributed by atoms with Crippen LogP contribution in [0.4, 0.5) is 11.4 Å². The van der Waals surface area contributed by atoms with E-state index in [0.717, 1.165) is 61.4 Å². The molecule has 3 N–H and O–H groups in total. The molecule has 0 saturated heterocycles. The van der Waals surface area contributed by atoms with Gasteiger partial charge in [0.2, 0.25) is 11.8 Å². The Labute approximate surface area is 275 Å². The number of aliphatic imine (C=N–C) groups is 1. The van der Waals surface area contributed by atoms with Crippen LogP contribution < -0.4 is 16.0 Å². The van der Waals surface area contributed by atoms with E-state index in [9.17, 15) is 9.59 Å². The number of amides is 2. The van der Waals surface area contributed by atoms with E-state index in [2.05, 4.69) is 45.0 Å². The summed E-state index contributed by atoms with van der Waals surface area (Å²) in [6.07, 6.45) is 2.28. The van der Waals surface area contributed by atoms with Crippen LogP contribution in [0, 0.1) is 20.8 Å². The van der Waals surface area contributed by atoms with Crippen molar-refractivity contribution in [2.45, 2.75) is 39.7 Å². The fourth-order valence-electron chi connectivity index (χ4n) is 5.85. The number of rotatable bonds is 8. The first-order chi connectivity index (χ1) is 22.2. The minimum Gasteiger partial charge on any atom is -0.382 e. The zero-order valence-electron chi connectivity index (χ0n) is 25.5. The first-order valence-electron chi connectivity index (χ1n) is 15.0. The van der Waals surface area contributed by atoms with Crippen molar-refractivity contribution < 1.29 is 9.59 Å². The quantitative estimate of drug-likeness (QED) is 0.178. The van der Waals surface area contributed by atoms with Crippen LogP contribution in [0.15, 0.2) is 65.8 Å². The number of aromatic nitrogens is 4. The number of nitrogens with one attached hydrogen (secondary N) is 3. The minimum atomic E-state index is -0.524. The van der Waals surface area contributed by atoms with Gasteiger partial charge in [-0.15, -0.1) is 21.5 Å². The van der Waals surface area contributed by atoms with Gasteiger partial charge in [0.15, 0.2) is 5.82 Å². The van der Waals surface area contributed by atoms with Crippen molar-refractivity contribution in [1.82, 2.24) is 25.1 Å². The van der Waals surface area contributed by atoms with Gasteiger partial charge in [0.05, 0.1) is 36.1 Å². The summed E-state index contributed by atoms with van der Waals surface area (Å²) in [4.78, 5) is 35.9. The number of hydrogen-bond acceptors (Lipinski definition) is 8. The van der Waals surface area contributed by atoms with E-state index in [1.54, 1.807) is 17.5 Å². The molecule has 2 aliphatic heterocycles. The van der Waals surface area contributed by atoms with Crippen molar-refractivity contribution in [3.05, 3.63) is 105 Å². The maximum absolute atomic E-state index is 13.3. The lowest BCUT2D eigenvalue weighted by atomic mass is 9.99. The van der Waals surface area contributed by atoms with Crippen LogP contribution in [0.25, 0.3) is 16.3 Å². The van der Waals surface area contributed by atoms with Gasteiger partial charge < -0.3 is 16.0 Å². The molecule has 2 aromatic carbocycles. The van der Waals surface area contributed by atoms with Crippen LogP contribution in [0.5, 0.6) is 0 Å². The predicted octanol–water partition coefficient (Wildman–Crippen LogP) is 5.97. The van der Waals surface area contributed by atoms with Gasteiger partial charge in [0.1, 0.15) is 16.9 Å². The number of thiophene rings is 1. The fraction of sp³-hybridized carbons (Fsp3) is 0.235. The summed E-state index contributed by atoms with van der Waals surface area (Å²) in [6, 6.07) is 16.9. The number of carbonyl (C=O) groups excluding carboxylic acids is 2. The molecule has 1 atom stereocenters. The summed E-state index contributed by atoms with van der Waals surface area (Å²) < 4.78 is 2.04. The molecule has 10 nitrogen and oxygen atoms in total. The number of anilines is 2. The van der Waals surface area contributed by atoms with E-state index >= 15 is 0 Å². The molecule has 5 heterocycles. The third kappa shape index (κ3) is 5.67. The fourth-order valence-corrected chi connectivity index (χ4v) is 7.19. The highest BCUT2D eigenvalue weighted by molar-refractivity contribution is 7.15. The molecular weight excluding hydrogens is 620 g/mol. The Kier molecular flexibility index (Phi) is 7.87. The molecule has 7 rings (SSSR count). The van der Waals surface area contributed by atoms with Crippen molar-refractivity contribution in [1.29, 1.82) is 0 Å². The Hall–Kier alpha value is -4.87. The number of pyridine rings is 1.